The highest BCUT2D eigenvalue weighted by atomic mass is 32.2. The van der Waals surface area contributed by atoms with Crippen molar-refractivity contribution in [2.75, 3.05) is 18.6 Å². The second kappa shape index (κ2) is 6.36. The Bertz CT molecular complexity index is 255. The molecular weight excluding hydrogens is 206 g/mol. The molecule has 0 saturated carbocycles. The van der Waals surface area contributed by atoms with Crippen molar-refractivity contribution in [1.82, 2.24) is 5.32 Å². The molecule has 0 aliphatic heterocycles. The number of oxime groups is 1. The predicted molar refractivity (Wildman–Crippen MR) is 54.5 cm³/mol. The fourth-order valence-electron chi connectivity index (χ4n) is 0.692. The molecular formula is C7H15N3O3S. The van der Waals surface area contributed by atoms with E-state index in [1.807, 2.05) is 0 Å². The summed E-state index contributed by atoms with van der Waals surface area (Å²) in [5, 5.41) is 13.6. The lowest BCUT2D eigenvalue weighted by molar-refractivity contribution is -0.122. The highest BCUT2D eigenvalue weighted by Gasteiger charge is 2.16. The Morgan fingerprint density at radius 1 is 1.71 bits per heavy atom. The smallest absolute Gasteiger partial charge is 0.230 e. The molecule has 2 atom stereocenters. The van der Waals surface area contributed by atoms with Gasteiger partial charge in [0, 0.05) is 29.4 Å². The Hall–Kier alpha value is -1.11. The summed E-state index contributed by atoms with van der Waals surface area (Å²) in [5.41, 5.74) is 5.23. The van der Waals surface area contributed by atoms with Crippen LogP contribution in [-0.2, 0) is 15.6 Å². The van der Waals surface area contributed by atoms with Gasteiger partial charge in [0.25, 0.3) is 0 Å². The number of nitrogens with one attached hydrogen (secondary N) is 1. The third-order valence-corrected chi connectivity index (χ3v) is 2.42. The van der Waals surface area contributed by atoms with Gasteiger partial charge in [0.05, 0.1) is 5.92 Å². The van der Waals surface area contributed by atoms with Crippen LogP contribution in [0.4, 0.5) is 0 Å². The quantitative estimate of drug-likeness (QED) is 0.236. The van der Waals surface area contributed by atoms with Gasteiger partial charge in [-0.05, 0) is 6.92 Å². The number of carbonyl (C=O) groups is 1. The van der Waals surface area contributed by atoms with E-state index in [4.69, 9.17) is 10.9 Å². The maximum Gasteiger partial charge on any atom is 0.230 e. The van der Waals surface area contributed by atoms with Gasteiger partial charge in [-0.25, -0.2) is 0 Å². The van der Waals surface area contributed by atoms with Crippen molar-refractivity contribution in [2.24, 2.45) is 16.8 Å². The Balaban J connectivity index is 3.91. The second-order valence-electron chi connectivity index (χ2n) is 2.81. The van der Waals surface area contributed by atoms with E-state index in [1.54, 1.807) is 6.26 Å². The minimum Gasteiger partial charge on any atom is -0.409 e. The number of amides is 1. The second-order valence-corrected chi connectivity index (χ2v) is 4.37. The highest BCUT2D eigenvalue weighted by molar-refractivity contribution is 7.84. The monoisotopic (exact) mass is 221 g/mol. The zero-order valence-electron chi connectivity index (χ0n) is 8.19. The van der Waals surface area contributed by atoms with E-state index in [1.165, 1.54) is 6.92 Å². The number of amidine groups is 1. The number of rotatable bonds is 5. The van der Waals surface area contributed by atoms with Crippen LogP contribution in [0.1, 0.15) is 6.92 Å². The van der Waals surface area contributed by atoms with Crippen LogP contribution >= 0.6 is 0 Å². The molecule has 0 rings (SSSR count). The fraction of sp³-hybridized carbons (Fsp3) is 0.714. The molecule has 0 aliphatic rings. The molecule has 82 valence electrons. The van der Waals surface area contributed by atoms with E-state index < -0.39 is 16.7 Å². The first-order chi connectivity index (χ1) is 6.49. The Kier molecular flexibility index (Phi) is 5.86. The van der Waals surface area contributed by atoms with E-state index >= 15 is 0 Å². The first-order valence-electron chi connectivity index (χ1n) is 4.04. The third-order valence-electron chi connectivity index (χ3n) is 1.64. The fourth-order valence-corrected chi connectivity index (χ4v) is 1.08. The van der Waals surface area contributed by atoms with E-state index in [-0.39, 0.29) is 11.7 Å². The Morgan fingerprint density at radius 3 is 2.71 bits per heavy atom. The SMILES string of the molecule is CC(C(=O)NCCS(C)=O)C(N)=NO. The summed E-state index contributed by atoms with van der Waals surface area (Å²) < 4.78 is 10.7. The van der Waals surface area contributed by atoms with Gasteiger partial charge in [0.15, 0.2) is 5.84 Å². The molecule has 0 saturated heterocycles. The first kappa shape index (κ1) is 12.9. The van der Waals surface area contributed by atoms with E-state index in [9.17, 15) is 9.00 Å². The van der Waals surface area contributed by atoms with Crippen LogP contribution in [-0.4, -0.2) is 39.7 Å². The largest absolute Gasteiger partial charge is 0.409 e. The van der Waals surface area contributed by atoms with Gasteiger partial charge >= 0.3 is 0 Å². The molecule has 4 N–H and O–H groups in total. The molecule has 0 aromatic heterocycles. The van der Waals surface area contributed by atoms with Crippen LogP contribution in [0.5, 0.6) is 0 Å². The van der Waals surface area contributed by atoms with Crippen LogP contribution in [0.25, 0.3) is 0 Å². The molecule has 0 aromatic rings. The van der Waals surface area contributed by atoms with Crippen molar-refractivity contribution >= 4 is 22.5 Å². The van der Waals surface area contributed by atoms with Gasteiger partial charge in [-0.1, -0.05) is 5.16 Å². The van der Waals surface area contributed by atoms with Crippen molar-refractivity contribution in [2.45, 2.75) is 6.92 Å². The van der Waals surface area contributed by atoms with Crippen LogP contribution < -0.4 is 11.1 Å². The normalized spacial score (nSPS) is 16.0. The maximum absolute atomic E-state index is 11.2. The molecule has 1 amide bonds. The van der Waals surface area contributed by atoms with Crippen molar-refractivity contribution < 1.29 is 14.2 Å². The summed E-state index contributed by atoms with van der Waals surface area (Å²) in [7, 11) is -0.933. The topological polar surface area (TPSA) is 105 Å². The minimum absolute atomic E-state index is 0.139. The number of carbonyl (C=O) groups excluding carboxylic acids is 1. The van der Waals surface area contributed by atoms with Gasteiger partial charge in [0.2, 0.25) is 5.91 Å². The van der Waals surface area contributed by atoms with Gasteiger partial charge in [0.1, 0.15) is 0 Å². The summed E-state index contributed by atoms with van der Waals surface area (Å²) in [4.78, 5) is 11.2. The van der Waals surface area contributed by atoms with Crippen LogP contribution in [0.2, 0.25) is 0 Å². The van der Waals surface area contributed by atoms with E-state index in [0.29, 0.717) is 12.3 Å². The standard InChI is InChI=1S/C7H15N3O3S/c1-5(6(8)10-12)7(11)9-3-4-14(2)13/h5,12H,3-4H2,1-2H3,(H2,8,10)(H,9,11). The van der Waals surface area contributed by atoms with Crippen molar-refractivity contribution in [3.63, 3.8) is 0 Å². The highest BCUT2D eigenvalue weighted by Crippen LogP contribution is 1.93. The summed E-state index contributed by atoms with van der Waals surface area (Å²) in [6.45, 7) is 1.85. The predicted octanol–water partition coefficient (Wildman–Crippen LogP) is -1.14. The summed E-state index contributed by atoms with van der Waals surface area (Å²) >= 11 is 0. The zero-order valence-corrected chi connectivity index (χ0v) is 9.00. The summed E-state index contributed by atoms with van der Waals surface area (Å²) in [5.74, 6) is -0.759. The first-order valence-corrected chi connectivity index (χ1v) is 5.77. The van der Waals surface area contributed by atoms with E-state index in [0.717, 1.165) is 0 Å². The molecule has 14 heavy (non-hydrogen) atoms. The van der Waals surface area contributed by atoms with Gasteiger partial charge < -0.3 is 16.3 Å². The molecule has 6 nitrogen and oxygen atoms in total. The lowest BCUT2D eigenvalue weighted by Gasteiger charge is -2.09. The van der Waals surface area contributed by atoms with Crippen molar-refractivity contribution in [3.05, 3.63) is 0 Å². The molecule has 0 bridgehead atoms. The Morgan fingerprint density at radius 2 is 2.29 bits per heavy atom. The maximum atomic E-state index is 11.2. The molecule has 7 heteroatoms. The van der Waals surface area contributed by atoms with Crippen LogP contribution in [0, 0.1) is 5.92 Å². The zero-order chi connectivity index (χ0) is 11.1. The molecule has 2 unspecified atom stereocenters. The molecule has 0 fully saturated rings. The van der Waals surface area contributed by atoms with Crippen molar-refractivity contribution in [1.29, 1.82) is 0 Å². The third kappa shape index (κ3) is 4.80. The minimum atomic E-state index is -0.933. The molecule has 0 radical (unpaired) electrons. The molecule has 0 heterocycles. The molecule has 0 aliphatic carbocycles. The Labute approximate surface area is 85.0 Å². The van der Waals surface area contributed by atoms with E-state index in [2.05, 4.69) is 10.5 Å². The molecule has 0 spiro atoms. The number of hydrogen-bond donors (Lipinski definition) is 3. The van der Waals surface area contributed by atoms with Crippen LogP contribution in [0.15, 0.2) is 5.16 Å². The number of hydrogen-bond acceptors (Lipinski definition) is 4. The van der Waals surface area contributed by atoms with Crippen LogP contribution in [0.3, 0.4) is 0 Å². The number of nitrogens with zero attached hydrogens (tertiary/aromatic N) is 1. The summed E-state index contributed by atoms with van der Waals surface area (Å²) in [6, 6.07) is 0. The van der Waals surface area contributed by atoms with Gasteiger partial charge in [-0.3, -0.25) is 9.00 Å². The lowest BCUT2D eigenvalue weighted by Crippen LogP contribution is -2.38. The average Bonchev–Trinajstić information content (AvgIpc) is 2.14. The molecule has 0 aromatic carbocycles. The van der Waals surface area contributed by atoms with Crippen molar-refractivity contribution in [3.8, 4) is 0 Å². The van der Waals surface area contributed by atoms with Gasteiger partial charge in [-0.2, -0.15) is 0 Å². The number of nitrogens with two attached hydrogens (primary N) is 1. The lowest BCUT2D eigenvalue weighted by atomic mass is 10.1. The van der Waals surface area contributed by atoms with Gasteiger partial charge in [-0.15, -0.1) is 0 Å². The summed E-state index contributed by atoms with van der Waals surface area (Å²) in [6.07, 6.45) is 1.55. The average molecular weight is 221 g/mol.